The number of nitrogens with zero attached hydrogens (tertiary/aromatic N) is 2. The molecule has 4 nitrogen and oxygen atoms in total. The quantitative estimate of drug-likeness (QED) is 0.761. The summed E-state index contributed by atoms with van der Waals surface area (Å²) in [6, 6.07) is 17.7. The molecule has 23 heavy (non-hydrogen) atoms. The number of aryl methyl sites for hydroxylation is 1. The summed E-state index contributed by atoms with van der Waals surface area (Å²) in [7, 11) is -3.66. The van der Waals surface area contributed by atoms with Gasteiger partial charge in [-0.15, -0.1) is 0 Å². The Bertz CT molecular complexity index is 804. The summed E-state index contributed by atoms with van der Waals surface area (Å²) in [6.45, 7) is 2.10. The molecular weight excluding hydrogens is 308 g/mol. The summed E-state index contributed by atoms with van der Waals surface area (Å²) in [5.74, 6) is 0. The van der Waals surface area contributed by atoms with E-state index >= 15 is 0 Å². The van der Waals surface area contributed by atoms with Crippen LogP contribution in [0.4, 0.5) is 5.69 Å². The predicted octanol–water partition coefficient (Wildman–Crippen LogP) is 3.66. The second-order valence-electron chi connectivity index (χ2n) is 5.02. The van der Waals surface area contributed by atoms with Crippen molar-refractivity contribution in [2.24, 2.45) is 0 Å². The summed E-state index contributed by atoms with van der Waals surface area (Å²) < 4.78 is 27.2. The minimum absolute atomic E-state index is 0.182. The van der Waals surface area contributed by atoms with E-state index in [9.17, 15) is 8.42 Å². The molecule has 2 aromatic rings. The Morgan fingerprint density at radius 1 is 1.04 bits per heavy atom. The fourth-order valence-electron chi connectivity index (χ4n) is 2.08. The van der Waals surface area contributed by atoms with Crippen LogP contribution in [-0.2, 0) is 10.0 Å². The molecule has 0 aliphatic carbocycles. The molecule has 5 heteroatoms. The molecule has 0 aliphatic heterocycles. The minimum Gasteiger partial charge on any atom is -0.263 e. The summed E-state index contributed by atoms with van der Waals surface area (Å²) in [5.41, 5.74) is 1.60. The van der Waals surface area contributed by atoms with Crippen molar-refractivity contribution in [3.8, 4) is 6.07 Å². The molecule has 0 saturated carbocycles. The van der Waals surface area contributed by atoms with Gasteiger partial charge < -0.3 is 0 Å². The van der Waals surface area contributed by atoms with Gasteiger partial charge >= 0.3 is 0 Å². The molecule has 0 heterocycles. The standard InChI is InChI=1S/C18H18N2O2S/c1-16-10-12-18(13-11-16)23(21,22)20(15-7-3-6-14-19)17-8-4-2-5-9-17/h2-5,7-13H,6,15H2,1H3/b7-3+. The zero-order valence-electron chi connectivity index (χ0n) is 12.9. The van der Waals surface area contributed by atoms with E-state index in [0.717, 1.165) is 5.56 Å². The fourth-order valence-corrected chi connectivity index (χ4v) is 3.50. The highest BCUT2D eigenvalue weighted by Gasteiger charge is 2.23. The van der Waals surface area contributed by atoms with Gasteiger partial charge in [-0.2, -0.15) is 5.26 Å². The fraction of sp³-hybridized carbons (Fsp3) is 0.167. The van der Waals surface area contributed by atoms with Gasteiger partial charge in [-0.25, -0.2) is 8.42 Å². The molecule has 2 rings (SSSR count). The molecule has 0 N–H and O–H groups in total. The zero-order valence-corrected chi connectivity index (χ0v) is 13.7. The van der Waals surface area contributed by atoms with E-state index in [4.69, 9.17) is 5.26 Å². The number of rotatable bonds is 6. The average molecular weight is 326 g/mol. The van der Waals surface area contributed by atoms with Crippen LogP contribution in [0.1, 0.15) is 12.0 Å². The smallest absolute Gasteiger partial charge is 0.263 e. The molecule has 0 saturated heterocycles. The molecule has 0 aromatic heterocycles. The normalized spacial score (nSPS) is 11.3. The molecule has 0 unspecified atom stereocenters. The lowest BCUT2D eigenvalue weighted by Gasteiger charge is -2.23. The first kappa shape index (κ1) is 16.8. The van der Waals surface area contributed by atoms with Gasteiger partial charge in [-0.3, -0.25) is 4.31 Å². The molecular formula is C18H18N2O2S. The third kappa shape index (κ3) is 4.21. The molecule has 118 valence electrons. The average Bonchev–Trinajstić information content (AvgIpc) is 2.56. The highest BCUT2D eigenvalue weighted by atomic mass is 32.2. The van der Waals surface area contributed by atoms with Gasteiger partial charge in [0, 0.05) is 0 Å². The Labute approximate surface area is 137 Å². The van der Waals surface area contributed by atoms with Crippen molar-refractivity contribution < 1.29 is 8.42 Å². The van der Waals surface area contributed by atoms with Gasteiger partial charge in [0.25, 0.3) is 10.0 Å². The van der Waals surface area contributed by atoms with E-state index in [0.29, 0.717) is 5.69 Å². The largest absolute Gasteiger partial charge is 0.264 e. The number of hydrogen-bond acceptors (Lipinski definition) is 3. The molecule has 2 aromatic carbocycles. The number of hydrogen-bond donors (Lipinski definition) is 0. The van der Waals surface area contributed by atoms with Crippen molar-refractivity contribution in [1.82, 2.24) is 0 Å². The van der Waals surface area contributed by atoms with Gasteiger partial charge in [0.15, 0.2) is 0 Å². The number of sulfonamides is 1. The van der Waals surface area contributed by atoms with E-state index < -0.39 is 10.0 Å². The molecule has 0 aliphatic rings. The van der Waals surface area contributed by atoms with Gasteiger partial charge in [0.05, 0.1) is 29.6 Å². The SMILES string of the molecule is Cc1ccc(S(=O)(=O)N(C/C=C/CC#N)c2ccccc2)cc1. The highest BCUT2D eigenvalue weighted by Crippen LogP contribution is 2.23. The van der Waals surface area contributed by atoms with Crippen molar-refractivity contribution in [3.63, 3.8) is 0 Å². The summed E-state index contributed by atoms with van der Waals surface area (Å²) >= 11 is 0. The van der Waals surface area contributed by atoms with Crippen LogP contribution in [-0.4, -0.2) is 15.0 Å². The Hall–Kier alpha value is -2.58. The predicted molar refractivity (Wildman–Crippen MR) is 91.5 cm³/mol. The zero-order chi connectivity index (χ0) is 16.7. The molecule has 0 bridgehead atoms. The van der Waals surface area contributed by atoms with Crippen LogP contribution in [0, 0.1) is 18.3 Å². The van der Waals surface area contributed by atoms with Crippen molar-refractivity contribution in [1.29, 1.82) is 5.26 Å². The number of allylic oxidation sites excluding steroid dienone is 1. The lowest BCUT2D eigenvalue weighted by atomic mass is 10.2. The lowest BCUT2D eigenvalue weighted by Crippen LogP contribution is -2.31. The first-order chi connectivity index (χ1) is 11.1. The van der Waals surface area contributed by atoms with E-state index in [1.165, 1.54) is 4.31 Å². The Morgan fingerprint density at radius 3 is 2.30 bits per heavy atom. The van der Waals surface area contributed by atoms with Gasteiger partial charge in [0.2, 0.25) is 0 Å². The Kier molecular flexibility index (Phi) is 5.56. The second-order valence-corrected chi connectivity index (χ2v) is 6.88. The van der Waals surface area contributed by atoms with Crippen LogP contribution in [0.3, 0.4) is 0 Å². The van der Waals surface area contributed by atoms with Gasteiger partial charge in [0.1, 0.15) is 0 Å². The van der Waals surface area contributed by atoms with Crippen LogP contribution in [0.2, 0.25) is 0 Å². The van der Waals surface area contributed by atoms with Crippen molar-refractivity contribution >= 4 is 15.7 Å². The van der Waals surface area contributed by atoms with Crippen LogP contribution in [0.15, 0.2) is 71.6 Å². The molecule has 0 atom stereocenters. The van der Waals surface area contributed by atoms with Crippen LogP contribution in [0.5, 0.6) is 0 Å². The number of nitriles is 1. The van der Waals surface area contributed by atoms with Crippen LogP contribution < -0.4 is 4.31 Å². The number of para-hydroxylation sites is 1. The van der Waals surface area contributed by atoms with Gasteiger partial charge in [-0.1, -0.05) is 48.0 Å². The topological polar surface area (TPSA) is 61.2 Å². The van der Waals surface area contributed by atoms with Crippen molar-refractivity contribution in [2.45, 2.75) is 18.2 Å². The summed E-state index contributed by atoms with van der Waals surface area (Å²) in [4.78, 5) is 0.251. The van der Waals surface area contributed by atoms with E-state index in [2.05, 4.69) is 0 Å². The maximum Gasteiger partial charge on any atom is 0.264 e. The first-order valence-electron chi connectivity index (χ1n) is 7.22. The maximum absolute atomic E-state index is 12.9. The van der Waals surface area contributed by atoms with E-state index in [-0.39, 0.29) is 17.9 Å². The summed E-state index contributed by atoms with van der Waals surface area (Å²) in [5, 5.41) is 8.58. The Balaban J connectivity index is 2.40. The highest BCUT2D eigenvalue weighted by molar-refractivity contribution is 7.92. The minimum atomic E-state index is -3.66. The lowest BCUT2D eigenvalue weighted by molar-refractivity contribution is 0.593. The molecule has 0 amide bonds. The van der Waals surface area contributed by atoms with Crippen LogP contribution >= 0.6 is 0 Å². The molecule has 0 radical (unpaired) electrons. The van der Waals surface area contributed by atoms with Crippen molar-refractivity contribution in [2.75, 3.05) is 10.8 Å². The third-order valence-electron chi connectivity index (χ3n) is 3.30. The second kappa shape index (κ2) is 7.61. The van der Waals surface area contributed by atoms with E-state index in [1.54, 1.807) is 60.7 Å². The summed E-state index contributed by atoms with van der Waals surface area (Å²) in [6.07, 6.45) is 3.62. The molecule has 0 spiro atoms. The monoisotopic (exact) mass is 326 g/mol. The third-order valence-corrected chi connectivity index (χ3v) is 5.11. The molecule has 0 fully saturated rings. The van der Waals surface area contributed by atoms with E-state index in [1.807, 2.05) is 19.1 Å². The number of anilines is 1. The van der Waals surface area contributed by atoms with Gasteiger partial charge in [-0.05, 0) is 31.2 Å². The van der Waals surface area contributed by atoms with Crippen molar-refractivity contribution in [3.05, 3.63) is 72.3 Å². The van der Waals surface area contributed by atoms with Crippen LogP contribution in [0.25, 0.3) is 0 Å². The maximum atomic E-state index is 12.9. The number of benzene rings is 2. The first-order valence-corrected chi connectivity index (χ1v) is 8.66. The Morgan fingerprint density at radius 2 is 1.70 bits per heavy atom.